The normalized spacial score (nSPS) is 19.7. The number of benzene rings is 2. The minimum absolute atomic E-state index is 0.167. The van der Waals surface area contributed by atoms with Crippen LogP contribution in [-0.2, 0) is 4.79 Å². The van der Waals surface area contributed by atoms with Gasteiger partial charge in [-0.3, -0.25) is 9.69 Å². The summed E-state index contributed by atoms with van der Waals surface area (Å²) in [6.45, 7) is 9.48. The molecule has 2 fully saturated rings. The monoisotopic (exact) mass is 534 g/mol. The zero-order valence-corrected chi connectivity index (χ0v) is 22.8. The molecular formula is C28H36Cl2N2O4. The minimum Gasteiger partial charge on any atom is -0.490 e. The highest BCUT2D eigenvalue weighted by Gasteiger charge is 2.34. The molecule has 0 bridgehead atoms. The number of hydrogen-bond donors (Lipinski definition) is 1. The van der Waals surface area contributed by atoms with Crippen LogP contribution in [0.2, 0.25) is 10.0 Å². The van der Waals surface area contributed by atoms with Gasteiger partial charge < -0.3 is 19.5 Å². The molecule has 2 aliphatic rings. The van der Waals surface area contributed by atoms with E-state index in [2.05, 4.69) is 9.80 Å². The van der Waals surface area contributed by atoms with E-state index in [9.17, 15) is 9.90 Å². The van der Waals surface area contributed by atoms with E-state index in [0.717, 1.165) is 68.9 Å². The fourth-order valence-electron chi connectivity index (χ4n) is 5.19. The second-order valence-corrected chi connectivity index (χ2v) is 11.5. The molecule has 2 aromatic rings. The molecule has 2 heterocycles. The summed E-state index contributed by atoms with van der Waals surface area (Å²) in [6, 6.07) is 12.7. The highest BCUT2D eigenvalue weighted by molar-refractivity contribution is 6.42. The van der Waals surface area contributed by atoms with Gasteiger partial charge in [0.15, 0.2) is 0 Å². The Bertz CT molecular complexity index is 1020. The smallest absolute Gasteiger partial charge is 0.325 e. The van der Waals surface area contributed by atoms with Crippen molar-refractivity contribution in [3.05, 3.63) is 58.1 Å². The fourth-order valence-corrected chi connectivity index (χ4v) is 5.48. The standard InChI is InChI=1S/C28H36Cl2N2O4/c1-28(2,3)36-22-6-4-19(5-7-22)26(27(33)34)32-14-10-20(11-15-32)31-16-12-21(13-17-31)35-23-8-9-24(29)25(30)18-23/h4-9,18,20-21,26H,10-17H2,1-3H3,(H,33,34). The van der Waals surface area contributed by atoms with E-state index in [1.165, 1.54) is 0 Å². The molecule has 2 aromatic carbocycles. The number of piperidine rings is 2. The summed E-state index contributed by atoms with van der Waals surface area (Å²) < 4.78 is 12.0. The number of carbonyl (C=O) groups is 1. The van der Waals surface area contributed by atoms with Crippen molar-refractivity contribution in [2.24, 2.45) is 0 Å². The van der Waals surface area contributed by atoms with Crippen molar-refractivity contribution in [3.63, 3.8) is 0 Å². The van der Waals surface area contributed by atoms with Crippen molar-refractivity contribution >= 4 is 29.2 Å². The van der Waals surface area contributed by atoms with Crippen LogP contribution in [0.15, 0.2) is 42.5 Å². The lowest BCUT2D eigenvalue weighted by atomic mass is 9.96. The highest BCUT2D eigenvalue weighted by atomic mass is 35.5. The predicted molar refractivity (Wildman–Crippen MR) is 143 cm³/mol. The second kappa shape index (κ2) is 11.6. The number of aliphatic carboxylic acids is 1. The van der Waals surface area contributed by atoms with Crippen LogP contribution in [0.1, 0.15) is 58.1 Å². The Morgan fingerprint density at radius 2 is 1.53 bits per heavy atom. The molecule has 0 aliphatic carbocycles. The maximum Gasteiger partial charge on any atom is 0.325 e. The fraction of sp³-hybridized carbons (Fsp3) is 0.536. The van der Waals surface area contributed by atoms with Crippen LogP contribution in [0.4, 0.5) is 0 Å². The van der Waals surface area contributed by atoms with Gasteiger partial charge in [-0.25, -0.2) is 0 Å². The minimum atomic E-state index is -0.807. The third-order valence-electron chi connectivity index (χ3n) is 6.90. The Hall–Kier alpha value is -1.99. The van der Waals surface area contributed by atoms with Crippen molar-refractivity contribution < 1.29 is 19.4 Å². The van der Waals surface area contributed by atoms with Crippen LogP contribution in [0, 0.1) is 0 Å². The maximum absolute atomic E-state index is 12.2. The lowest BCUT2D eigenvalue weighted by Crippen LogP contribution is -2.50. The molecule has 8 heteroatoms. The van der Waals surface area contributed by atoms with E-state index in [4.69, 9.17) is 32.7 Å². The molecule has 196 valence electrons. The zero-order valence-electron chi connectivity index (χ0n) is 21.3. The van der Waals surface area contributed by atoms with Gasteiger partial charge in [0, 0.05) is 38.3 Å². The number of carboxylic acids is 1. The largest absolute Gasteiger partial charge is 0.490 e. The number of rotatable bonds is 7. The van der Waals surface area contributed by atoms with Gasteiger partial charge in [0.25, 0.3) is 0 Å². The third-order valence-corrected chi connectivity index (χ3v) is 7.64. The quantitative estimate of drug-likeness (QED) is 0.449. The van der Waals surface area contributed by atoms with Gasteiger partial charge in [-0.05, 0) is 76.3 Å². The van der Waals surface area contributed by atoms with Gasteiger partial charge in [-0.15, -0.1) is 0 Å². The van der Waals surface area contributed by atoms with Crippen molar-refractivity contribution in [1.82, 2.24) is 9.80 Å². The van der Waals surface area contributed by atoms with E-state index in [0.29, 0.717) is 16.1 Å². The van der Waals surface area contributed by atoms with E-state index in [1.807, 2.05) is 51.1 Å². The summed E-state index contributed by atoms with van der Waals surface area (Å²) in [4.78, 5) is 16.8. The van der Waals surface area contributed by atoms with E-state index in [-0.39, 0.29) is 11.7 Å². The number of hydrogen-bond acceptors (Lipinski definition) is 5. The van der Waals surface area contributed by atoms with E-state index < -0.39 is 12.0 Å². The summed E-state index contributed by atoms with van der Waals surface area (Å²) in [5.41, 5.74) is 0.502. The molecule has 2 saturated heterocycles. The topological polar surface area (TPSA) is 62.2 Å². The van der Waals surface area contributed by atoms with Crippen LogP contribution in [0.5, 0.6) is 11.5 Å². The number of nitrogens with zero attached hydrogens (tertiary/aromatic N) is 2. The molecule has 1 N–H and O–H groups in total. The number of likely N-dealkylation sites (tertiary alicyclic amines) is 2. The second-order valence-electron chi connectivity index (χ2n) is 10.7. The molecule has 0 aromatic heterocycles. The molecule has 6 nitrogen and oxygen atoms in total. The van der Waals surface area contributed by atoms with Gasteiger partial charge in [0.2, 0.25) is 0 Å². The Morgan fingerprint density at radius 3 is 2.08 bits per heavy atom. The SMILES string of the molecule is CC(C)(C)Oc1ccc(C(C(=O)O)N2CCC(N3CCC(Oc4ccc(Cl)c(Cl)c4)CC3)CC2)cc1. The summed E-state index contributed by atoms with van der Waals surface area (Å²) >= 11 is 12.1. The number of halogens is 2. The summed E-state index contributed by atoms with van der Waals surface area (Å²) in [5.74, 6) is 0.702. The Kier molecular flexibility index (Phi) is 8.71. The molecule has 0 radical (unpaired) electrons. The van der Waals surface area contributed by atoms with E-state index in [1.54, 1.807) is 12.1 Å². The predicted octanol–water partition coefficient (Wildman–Crippen LogP) is 6.30. The Morgan fingerprint density at radius 1 is 0.917 bits per heavy atom. The Labute approximate surface area is 224 Å². The molecule has 2 aliphatic heterocycles. The van der Waals surface area contributed by atoms with Crippen LogP contribution in [-0.4, -0.2) is 64.8 Å². The summed E-state index contributed by atoms with van der Waals surface area (Å²) in [7, 11) is 0. The van der Waals surface area contributed by atoms with Crippen LogP contribution >= 0.6 is 23.2 Å². The molecule has 1 atom stereocenters. The summed E-state index contributed by atoms with van der Waals surface area (Å²) in [6.07, 6.45) is 4.02. The number of ether oxygens (including phenoxy) is 2. The van der Waals surface area contributed by atoms with Crippen molar-refractivity contribution in [1.29, 1.82) is 0 Å². The van der Waals surface area contributed by atoms with Crippen molar-refractivity contribution in [2.45, 2.75) is 70.2 Å². The van der Waals surface area contributed by atoms with E-state index >= 15 is 0 Å². The maximum atomic E-state index is 12.2. The van der Waals surface area contributed by atoms with Crippen LogP contribution in [0.3, 0.4) is 0 Å². The lowest BCUT2D eigenvalue weighted by Gasteiger charge is -2.43. The van der Waals surface area contributed by atoms with Gasteiger partial charge in [0.05, 0.1) is 10.0 Å². The first-order valence-corrected chi connectivity index (χ1v) is 13.5. The summed E-state index contributed by atoms with van der Waals surface area (Å²) in [5, 5.41) is 11.1. The van der Waals surface area contributed by atoms with Crippen molar-refractivity contribution in [3.8, 4) is 11.5 Å². The van der Waals surface area contributed by atoms with Crippen LogP contribution in [0.25, 0.3) is 0 Å². The lowest BCUT2D eigenvalue weighted by molar-refractivity contribution is -0.144. The van der Waals surface area contributed by atoms with Crippen LogP contribution < -0.4 is 9.47 Å². The zero-order chi connectivity index (χ0) is 25.9. The Balaban J connectivity index is 1.28. The molecular weight excluding hydrogens is 499 g/mol. The molecule has 0 amide bonds. The first kappa shape index (κ1) is 27.1. The van der Waals surface area contributed by atoms with Crippen molar-refractivity contribution in [2.75, 3.05) is 26.2 Å². The van der Waals surface area contributed by atoms with Gasteiger partial charge in [-0.1, -0.05) is 35.3 Å². The molecule has 1 unspecified atom stereocenters. The number of carboxylic acid groups (broad SMARTS) is 1. The molecule has 36 heavy (non-hydrogen) atoms. The molecule has 0 spiro atoms. The average molecular weight is 536 g/mol. The highest BCUT2D eigenvalue weighted by Crippen LogP contribution is 2.31. The molecule has 4 rings (SSSR count). The first-order valence-electron chi connectivity index (χ1n) is 12.7. The average Bonchev–Trinajstić information content (AvgIpc) is 2.83. The van der Waals surface area contributed by atoms with Gasteiger partial charge in [-0.2, -0.15) is 0 Å². The van der Waals surface area contributed by atoms with Gasteiger partial charge in [0.1, 0.15) is 29.2 Å². The first-order chi connectivity index (χ1) is 17.1. The van der Waals surface area contributed by atoms with Gasteiger partial charge >= 0.3 is 5.97 Å². The molecule has 0 saturated carbocycles. The third kappa shape index (κ3) is 7.06.